The first-order valence-corrected chi connectivity index (χ1v) is 11.0. The molecule has 3 saturated heterocycles. The third kappa shape index (κ3) is 2.48. The largest absolute Gasteiger partial charge is 0.467 e. The van der Waals surface area contributed by atoms with Gasteiger partial charge in [-0.15, -0.1) is 0 Å². The summed E-state index contributed by atoms with van der Waals surface area (Å²) in [5.41, 5.74) is 0.803. The van der Waals surface area contributed by atoms with E-state index in [1.54, 1.807) is 23.3 Å². The van der Waals surface area contributed by atoms with Crippen LogP contribution in [0.1, 0.15) is 30.7 Å². The summed E-state index contributed by atoms with van der Waals surface area (Å²) in [5, 5.41) is 2.96. The zero-order chi connectivity index (χ0) is 22.2. The number of ketones is 1. The lowest BCUT2D eigenvalue weighted by atomic mass is 9.70. The number of anilines is 1. The van der Waals surface area contributed by atoms with E-state index in [1.807, 2.05) is 50.3 Å². The number of Topliss-reactive ketones (excluding diaryl/α,β-unsaturated/α-hetero) is 1. The van der Waals surface area contributed by atoms with Gasteiger partial charge in [0.05, 0.1) is 36.3 Å². The van der Waals surface area contributed by atoms with Crippen LogP contribution in [0.3, 0.4) is 0 Å². The van der Waals surface area contributed by atoms with Gasteiger partial charge in [0.15, 0.2) is 0 Å². The van der Waals surface area contributed by atoms with Crippen LogP contribution < -0.4 is 5.32 Å². The van der Waals surface area contributed by atoms with Gasteiger partial charge in [-0.3, -0.25) is 14.4 Å². The molecular formula is C25H24N2O5. The molecule has 4 aliphatic rings. The minimum absolute atomic E-state index is 0.0727. The summed E-state index contributed by atoms with van der Waals surface area (Å²) in [6, 6.07) is 10.2. The first-order chi connectivity index (χ1) is 15.4. The molecule has 2 amide bonds. The van der Waals surface area contributed by atoms with E-state index in [-0.39, 0.29) is 24.0 Å². The van der Waals surface area contributed by atoms with E-state index in [0.717, 1.165) is 5.56 Å². The molecule has 4 aliphatic heterocycles. The summed E-state index contributed by atoms with van der Waals surface area (Å²) < 4.78 is 12.0. The number of piperidine rings is 1. The van der Waals surface area contributed by atoms with E-state index in [1.165, 1.54) is 0 Å². The zero-order valence-corrected chi connectivity index (χ0v) is 17.9. The van der Waals surface area contributed by atoms with Crippen molar-refractivity contribution in [3.63, 3.8) is 0 Å². The summed E-state index contributed by atoms with van der Waals surface area (Å²) in [5.74, 6) is -1.44. The van der Waals surface area contributed by atoms with Crippen molar-refractivity contribution in [2.75, 3.05) is 5.32 Å². The number of benzene rings is 1. The lowest BCUT2D eigenvalue weighted by molar-refractivity contribution is -0.147. The normalized spacial score (nSPS) is 37.0. The molecule has 2 aromatic rings. The minimum Gasteiger partial charge on any atom is -0.467 e. The van der Waals surface area contributed by atoms with Crippen LogP contribution in [0, 0.1) is 24.7 Å². The number of hydrogen-bond acceptors (Lipinski definition) is 5. The molecule has 2 bridgehead atoms. The van der Waals surface area contributed by atoms with Crippen molar-refractivity contribution in [1.29, 1.82) is 0 Å². The molecule has 1 spiro atoms. The van der Waals surface area contributed by atoms with Gasteiger partial charge in [-0.05, 0) is 31.2 Å². The monoisotopic (exact) mass is 432 g/mol. The fraction of sp³-hybridized carbons (Fsp3) is 0.400. The number of nitrogens with zero attached hydrogens (tertiary/aromatic N) is 1. The standard InChI is InChI=1S/C25H24N2O5/c1-13-5-7-15(8-6-13)26-23(29)20-19-9-10-25(32-19)21(20)24(30)27-16(18-4-3-11-31-18)12-17(28)14(2)22(25)27/h3-11,14,16,19-22H,12H2,1-2H3,(H,26,29)/t14-,16-,19-,20+,21-,22+,25-/m0/s1. The van der Waals surface area contributed by atoms with Crippen molar-refractivity contribution in [3.05, 3.63) is 66.1 Å². The Morgan fingerprint density at radius 1 is 1.19 bits per heavy atom. The van der Waals surface area contributed by atoms with Crippen LogP contribution in [0.5, 0.6) is 0 Å². The molecule has 0 aliphatic carbocycles. The van der Waals surface area contributed by atoms with Crippen LogP contribution in [-0.4, -0.2) is 40.2 Å². The lowest BCUT2D eigenvalue weighted by Gasteiger charge is -2.43. The molecule has 1 N–H and O–H groups in total. The van der Waals surface area contributed by atoms with E-state index in [0.29, 0.717) is 11.4 Å². The number of carbonyl (C=O) groups excluding carboxylic acids is 3. The number of hydrogen-bond donors (Lipinski definition) is 1. The Kier molecular flexibility index (Phi) is 4.05. The Morgan fingerprint density at radius 3 is 2.69 bits per heavy atom. The van der Waals surface area contributed by atoms with Gasteiger partial charge in [0.1, 0.15) is 17.1 Å². The maximum atomic E-state index is 13.9. The van der Waals surface area contributed by atoms with Crippen LogP contribution >= 0.6 is 0 Å². The second-order valence-electron chi connectivity index (χ2n) is 9.33. The van der Waals surface area contributed by atoms with Crippen LogP contribution in [-0.2, 0) is 19.1 Å². The first kappa shape index (κ1) is 19.5. The highest BCUT2D eigenvalue weighted by atomic mass is 16.5. The van der Waals surface area contributed by atoms with Crippen molar-refractivity contribution in [1.82, 2.24) is 4.90 Å². The van der Waals surface area contributed by atoms with Gasteiger partial charge in [-0.1, -0.05) is 36.8 Å². The Labute approximate surface area is 185 Å². The summed E-state index contributed by atoms with van der Waals surface area (Å²) in [7, 11) is 0. The predicted molar refractivity (Wildman–Crippen MR) is 114 cm³/mol. The van der Waals surface area contributed by atoms with E-state index in [4.69, 9.17) is 9.15 Å². The van der Waals surface area contributed by atoms with Gasteiger partial charge in [0, 0.05) is 18.0 Å². The Bertz CT molecular complexity index is 1140. The average Bonchev–Trinajstić information content (AvgIpc) is 3.54. The van der Waals surface area contributed by atoms with E-state index >= 15 is 0 Å². The zero-order valence-electron chi connectivity index (χ0n) is 17.9. The molecule has 3 fully saturated rings. The average molecular weight is 432 g/mol. The predicted octanol–water partition coefficient (Wildman–Crippen LogP) is 3.03. The highest BCUT2D eigenvalue weighted by Gasteiger charge is 2.74. The fourth-order valence-corrected chi connectivity index (χ4v) is 6.13. The van der Waals surface area contributed by atoms with Crippen LogP contribution in [0.15, 0.2) is 59.2 Å². The van der Waals surface area contributed by atoms with Gasteiger partial charge in [-0.25, -0.2) is 0 Å². The minimum atomic E-state index is -0.975. The van der Waals surface area contributed by atoms with Crippen molar-refractivity contribution in [2.24, 2.45) is 17.8 Å². The van der Waals surface area contributed by atoms with Gasteiger partial charge < -0.3 is 19.4 Å². The molecular weight excluding hydrogens is 408 g/mol. The van der Waals surface area contributed by atoms with Crippen molar-refractivity contribution in [2.45, 2.75) is 44.1 Å². The topological polar surface area (TPSA) is 88.8 Å². The molecule has 7 nitrogen and oxygen atoms in total. The molecule has 1 aromatic carbocycles. The molecule has 0 saturated carbocycles. The van der Waals surface area contributed by atoms with Crippen molar-refractivity contribution < 1.29 is 23.5 Å². The number of nitrogens with one attached hydrogen (secondary N) is 1. The summed E-state index contributed by atoms with van der Waals surface area (Å²) in [6.45, 7) is 3.84. The molecule has 1 aromatic heterocycles. The smallest absolute Gasteiger partial charge is 0.231 e. The van der Waals surface area contributed by atoms with E-state index in [9.17, 15) is 14.4 Å². The second-order valence-corrected chi connectivity index (χ2v) is 9.33. The van der Waals surface area contributed by atoms with Crippen LogP contribution in [0.4, 0.5) is 5.69 Å². The van der Waals surface area contributed by atoms with E-state index < -0.39 is 41.5 Å². The summed E-state index contributed by atoms with van der Waals surface area (Å²) in [4.78, 5) is 41.9. The SMILES string of the molecule is Cc1ccc(NC(=O)[C@@H]2[C@@H]3C=C[C@]4(O3)[C@@H]2C(=O)N2[C@H](c3ccco3)CC(=O)[C@H](C)[C@@H]24)cc1. The molecule has 5 heterocycles. The maximum Gasteiger partial charge on any atom is 0.231 e. The number of fused-ring (bicyclic) bond motifs is 2. The second kappa shape index (κ2) is 6.65. The molecule has 32 heavy (non-hydrogen) atoms. The number of rotatable bonds is 3. The van der Waals surface area contributed by atoms with Gasteiger partial charge in [-0.2, -0.15) is 0 Å². The highest BCUT2D eigenvalue weighted by Crippen LogP contribution is 2.59. The third-order valence-electron chi connectivity index (χ3n) is 7.57. The lowest BCUT2D eigenvalue weighted by Crippen LogP contribution is -2.55. The van der Waals surface area contributed by atoms with Gasteiger partial charge in [0.2, 0.25) is 11.8 Å². The molecule has 164 valence electrons. The quantitative estimate of drug-likeness (QED) is 0.754. The van der Waals surface area contributed by atoms with Crippen molar-refractivity contribution >= 4 is 23.3 Å². The number of aryl methyl sites for hydroxylation is 1. The molecule has 7 atom stereocenters. The molecule has 0 radical (unpaired) electrons. The van der Waals surface area contributed by atoms with Crippen molar-refractivity contribution in [3.8, 4) is 0 Å². The third-order valence-corrected chi connectivity index (χ3v) is 7.57. The van der Waals surface area contributed by atoms with E-state index in [2.05, 4.69) is 5.32 Å². The summed E-state index contributed by atoms with van der Waals surface area (Å²) in [6.07, 6.45) is 5.05. The number of amides is 2. The maximum absolute atomic E-state index is 13.9. The highest BCUT2D eigenvalue weighted by molar-refractivity contribution is 6.00. The fourth-order valence-electron chi connectivity index (χ4n) is 6.13. The number of ether oxygens (including phenoxy) is 1. The Hall–Kier alpha value is -3.19. The van der Waals surface area contributed by atoms with Crippen LogP contribution in [0.25, 0.3) is 0 Å². The number of furan rings is 1. The molecule has 0 unspecified atom stereocenters. The molecule has 6 rings (SSSR count). The Balaban J connectivity index is 1.38. The summed E-state index contributed by atoms with van der Waals surface area (Å²) >= 11 is 0. The van der Waals surface area contributed by atoms with Gasteiger partial charge in [0.25, 0.3) is 0 Å². The first-order valence-electron chi connectivity index (χ1n) is 11.0. The van der Waals surface area contributed by atoms with Crippen LogP contribution in [0.2, 0.25) is 0 Å². The molecule has 7 heteroatoms. The number of carbonyl (C=O) groups is 3. The van der Waals surface area contributed by atoms with Gasteiger partial charge >= 0.3 is 0 Å². The Morgan fingerprint density at radius 2 is 1.97 bits per heavy atom.